The van der Waals surface area contributed by atoms with Crippen molar-refractivity contribution in [2.24, 2.45) is 5.92 Å². The minimum absolute atomic E-state index is 0.842. The predicted octanol–water partition coefficient (Wildman–Crippen LogP) is 3.58. The molecule has 1 fully saturated rings. The molecule has 58 valence electrons. The van der Waals surface area contributed by atoms with Crippen LogP contribution >= 0.6 is 15.8 Å². The van der Waals surface area contributed by atoms with E-state index in [4.69, 9.17) is 0 Å². The average molecular weight is 203 g/mol. The van der Waals surface area contributed by atoms with Gasteiger partial charge in [0.25, 0.3) is 0 Å². The summed E-state index contributed by atoms with van der Waals surface area (Å²) in [5.41, 5.74) is 0.842. The lowest BCUT2D eigenvalue weighted by Gasteiger charge is -2.06. The van der Waals surface area contributed by atoms with E-state index in [2.05, 4.69) is 22.7 Å². The van der Waals surface area contributed by atoms with Crippen molar-refractivity contribution in [1.82, 2.24) is 0 Å². The minimum Gasteiger partial charge on any atom is -0.157 e. The normalized spacial score (nSPS) is 25.8. The fourth-order valence-corrected chi connectivity index (χ4v) is 2.56. The fraction of sp³-hybridized carbons (Fsp3) is 1.00. The largest absolute Gasteiger partial charge is 0.223 e. The third-order valence-electron chi connectivity index (χ3n) is 2.44. The molecule has 2 heteroatoms. The Hall–Kier alpha value is 0.545. The second-order valence-corrected chi connectivity index (χ2v) is 4.71. The van der Waals surface area contributed by atoms with E-state index in [1.54, 1.807) is 0 Å². The summed E-state index contributed by atoms with van der Waals surface area (Å²) >= 11 is 3.67. The van der Waals surface area contributed by atoms with Crippen LogP contribution in [-0.2, 0) is 0 Å². The third kappa shape index (κ3) is 2.65. The van der Waals surface area contributed by atoms with E-state index >= 15 is 0 Å². The van der Waals surface area contributed by atoms with Gasteiger partial charge in [-0.15, -0.1) is 0 Å². The van der Waals surface area contributed by atoms with Crippen molar-refractivity contribution < 1.29 is 0 Å². The summed E-state index contributed by atoms with van der Waals surface area (Å²) < 4.78 is 0. The highest BCUT2D eigenvalue weighted by molar-refractivity contribution is 9.24. The second kappa shape index (κ2) is 4.43. The zero-order chi connectivity index (χ0) is 7.40. The third-order valence-corrected chi connectivity index (χ3v) is 3.27. The van der Waals surface area contributed by atoms with Gasteiger partial charge in [-0.05, 0) is 5.92 Å². The lowest BCUT2D eigenvalue weighted by Crippen LogP contribution is -1.96. The van der Waals surface area contributed by atoms with Crippen molar-refractivity contribution in [1.29, 1.82) is 0 Å². The maximum atomic E-state index is 3.67. The highest BCUT2D eigenvalue weighted by atomic mass is 79.9. The summed E-state index contributed by atoms with van der Waals surface area (Å²) in [6.45, 7) is 2.28. The van der Waals surface area contributed by atoms with Gasteiger partial charge >= 0.3 is 0 Å². The smallest absolute Gasteiger partial charge is 0.157 e. The van der Waals surface area contributed by atoms with E-state index in [0.717, 1.165) is 11.5 Å². The van der Waals surface area contributed by atoms with E-state index in [1.807, 2.05) is 0 Å². The molecule has 1 saturated heterocycles. The van der Waals surface area contributed by atoms with Gasteiger partial charge in [0.05, 0.1) is 0 Å². The molecule has 1 rings (SSSR count). The van der Waals surface area contributed by atoms with Crippen LogP contribution < -0.4 is 0 Å². The number of rotatable bonds is 3. The Morgan fingerprint density at radius 2 is 2.40 bits per heavy atom. The van der Waals surface area contributed by atoms with Gasteiger partial charge in [-0.25, -0.2) is 0 Å². The Morgan fingerprint density at radius 3 is 2.90 bits per heavy atom. The van der Waals surface area contributed by atoms with Crippen LogP contribution in [0.15, 0.2) is 0 Å². The number of hydrogen-bond acceptors (Lipinski definition) is 0. The second-order valence-electron chi connectivity index (χ2n) is 3.42. The molecular weight excluding hydrogens is 187 g/mol. The first-order valence-corrected chi connectivity index (χ1v) is 5.38. The zero-order valence-electron chi connectivity index (χ0n) is 6.78. The van der Waals surface area contributed by atoms with Gasteiger partial charge in [-0.2, -0.15) is 15.8 Å². The highest BCUT2D eigenvalue weighted by Gasteiger charge is 2.24. The number of hydrogen-bond donors (Lipinski definition) is 0. The molecule has 0 spiro atoms. The number of unbranched alkanes of at least 4 members (excludes halogenated alkanes) is 1. The summed E-state index contributed by atoms with van der Waals surface area (Å²) in [5, 5.41) is 0. The van der Waals surface area contributed by atoms with E-state index in [9.17, 15) is 0 Å². The van der Waals surface area contributed by atoms with Crippen LogP contribution in [-0.4, -0.2) is 5.54 Å². The van der Waals surface area contributed by atoms with Crippen LogP contribution in [0.1, 0.15) is 32.6 Å². The van der Waals surface area contributed by atoms with Crippen LogP contribution in [0, 0.1) is 5.92 Å². The molecule has 0 N–H and O–H groups in total. The monoisotopic (exact) mass is 202 g/mol. The zero-order valence-corrected chi connectivity index (χ0v) is 8.36. The van der Waals surface area contributed by atoms with Gasteiger partial charge in [-0.3, -0.25) is 0 Å². The first-order valence-electron chi connectivity index (χ1n) is 4.47. The molecule has 0 saturated carbocycles. The van der Waals surface area contributed by atoms with Crippen LogP contribution in [0.3, 0.4) is 0 Å². The molecule has 1 unspecified atom stereocenters. The molecule has 0 amide bonds. The Kier molecular flexibility index (Phi) is 3.83. The molecule has 0 aromatic rings. The molecule has 10 heavy (non-hydrogen) atoms. The molecule has 0 bridgehead atoms. The quantitative estimate of drug-likeness (QED) is 0.614. The summed E-state index contributed by atoms with van der Waals surface area (Å²) in [6, 6.07) is 0. The van der Waals surface area contributed by atoms with E-state index < -0.39 is 0 Å². The average Bonchev–Trinajstić information content (AvgIpc) is 2.31. The molecule has 0 aromatic heterocycles. The first kappa shape index (κ1) is 8.64. The van der Waals surface area contributed by atoms with Crippen LogP contribution in [0.5, 0.6) is 0 Å². The Balaban J connectivity index is 2.06. The standard InChI is InChI=1S/C8H16BBr/c1-2-3-4-8-5-6-9(10)7-8/h8H,2-7H2,1H3. The van der Waals surface area contributed by atoms with Crippen molar-refractivity contribution >= 4 is 21.3 Å². The van der Waals surface area contributed by atoms with Gasteiger partial charge in [0.15, 0.2) is 0 Å². The summed E-state index contributed by atoms with van der Waals surface area (Å²) in [7, 11) is 0. The summed E-state index contributed by atoms with van der Waals surface area (Å²) in [4.78, 5) is 0. The maximum Gasteiger partial charge on any atom is 0.223 e. The summed E-state index contributed by atoms with van der Waals surface area (Å²) in [6.07, 6.45) is 8.58. The van der Waals surface area contributed by atoms with Gasteiger partial charge in [0.2, 0.25) is 5.54 Å². The van der Waals surface area contributed by atoms with E-state index in [0.29, 0.717) is 0 Å². The SMILES string of the molecule is CCCCC1CCB(Br)C1. The Bertz CT molecular complexity index is 95.3. The van der Waals surface area contributed by atoms with Crippen molar-refractivity contribution in [3.05, 3.63) is 0 Å². The van der Waals surface area contributed by atoms with Crippen molar-refractivity contribution in [3.8, 4) is 0 Å². The van der Waals surface area contributed by atoms with Crippen LogP contribution in [0.4, 0.5) is 0 Å². The minimum atomic E-state index is 0.842. The highest BCUT2D eigenvalue weighted by Crippen LogP contribution is 2.32. The molecule has 0 aliphatic carbocycles. The van der Waals surface area contributed by atoms with Crippen LogP contribution in [0.25, 0.3) is 0 Å². The maximum absolute atomic E-state index is 3.67. The first-order chi connectivity index (χ1) is 4.83. The lowest BCUT2D eigenvalue weighted by atomic mass is 9.75. The molecular formula is C8H16BBr. The van der Waals surface area contributed by atoms with Gasteiger partial charge < -0.3 is 0 Å². The van der Waals surface area contributed by atoms with Crippen molar-refractivity contribution in [2.45, 2.75) is 45.2 Å². The Labute approximate surface area is 72.8 Å². The Morgan fingerprint density at radius 1 is 1.60 bits per heavy atom. The lowest BCUT2D eigenvalue weighted by molar-refractivity contribution is 0.511. The summed E-state index contributed by atoms with van der Waals surface area (Å²) in [5.74, 6) is 1.05. The van der Waals surface area contributed by atoms with E-state index in [1.165, 1.54) is 38.3 Å². The van der Waals surface area contributed by atoms with Crippen molar-refractivity contribution in [2.75, 3.05) is 0 Å². The molecule has 0 radical (unpaired) electrons. The molecule has 1 heterocycles. The predicted molar refractivity (Wildman–Crippen MR) is 51.9 cm³/mol. The van der Waals surface area contributed by atoms with Crippen molar-refractivity contribution in [3.63, 3.8) is 0 Å². The van der Waals surface area contributed by atoms with Gasteiger partial charge in [-0.1, -0.05) is 45.2 Å². The molecule has 1 aliphatic rings. The molecule has 1 atom stereocenters. The number of halogens is 1. The molecule has 0 nitrogen and oxygen atoms in total. The van der Waals surface area contributed by atoms with E-state index in [-0.39, 0.29) is 0 Å². The molecule has 0 aromatic carbocycles. The van der Waals surface area contributed by atoms with Gasteiger partial charge in [0, 0.05) is 0 Å². The topological polar surface area (TPSA) is 0 Å². The molecule has 1 aliphatic heterocycles. The van der Waals surface area contributed by atoms with Crippen LogP contribution in [0.2, 0.25) is 12.6 Å². The van der Waals surface area contributed by atoms with Gasteiger partial charge in [0.1, 0.15) is 0 Å². The fourth-order valence-electron chi connectivity index (χ4n) is 1.77.